The number of hydrogen-bond acceptors (Lipinski definition) is 2. The first-order valence-electron chi connectivity index (χ1n) is 5.04. The summed E-state index contributed by atoms with van der Waals surface area (Å²) in [4.78, 5) is 21.7. The highest BCUT2D eigenvalue weighted by molar-refractivity contribution is 6.33. The number of ketones is 1. The molecule has 3 nitrogen and oxygen atoms in total. The van der Waals surface area contributed by atoms with Crippen LogP contribution in [0.5, 0.6) is 0 Å². The minimum absolute atomic E-state index is 0.0762. The van der Waals surface area contributed by atoms with E-state index in [1.54, 1.807) is 18.2 Å². The maximum Gasteiger partial charge on any atom is 0.217 e. The summed E-state index contributed by atoms with van der Waals surface area (Å²) in [6, 6.07) is 5.01. The summed E-state index contributed by atoms with van der Waals surface area (Å²) in [6.45, 7) is 3.19. The van der Waals surface area contributed by atoms with Crippen LogP contribution < -0.4 is 5.32 Å². The zero-order chi connectivity index (χ0) is 12.8. The van der Waals surface area contributed by atoms with Crippen molar-refractivity contribution in [1.29, 1.82) is 0 Å². The van der Waals surface area contributed by atoms with Gasteiger partial charge in [0.1, 0.15) is 0 Å². The molecule has 0 fully saturated rings. The van der Waals surface area contributed by atoms with Crippen LogP contribution in [0.4, 0.5) is 0 Å². The molecule has 0 heterocycles. The topological polar surface area (TPSA) is 46.2 Å². The molecule has 0 unspecified atom stereocenters. The molecule has 4 heteroatoms. The zero-order valence-corrected chi connectivity index (χ0v) is 10.4. The third kappa shape index (κ3) is 4.29. The molecule has 0 spiro atoms. The van der Waals surface area contributed by atoms with Gasteiger partial charge in [0.15, 0.2) is 5.78 Å². The summed E-state index contributed by atoms with van der Waals surface area (Å²) < 4.78 is 0. The molecule has 0 atom stereocenters. The van der Waals surface area contributed by atoms with Gasteiger partial charge in [-0.1, -0.05) is 23.4 Å². The predicted molar refractivity (Wildman–Crippen MR) is 67.0 cm³/mol. The van der Waals surface area contributed by atoms with Gasteiger partial charge < -0.3 is 5.32 Å². The van der Waals surface area contributed by atoms with Crippen LogP contribution in [0.25, 0.3) is 0 Å². The summed E-state index contributed by atoms with van der Waals surface area (Å²) >= 11 is 5.93. The molecule has 0 bridgehead atoms. The van der Waals surface area contributed by atoms with E-state index in [4.69, 9.17) is 11.6 Å². The minimum atomic E-state index is -0.121. The van der Waals surface area contributed by atoms with E-state index in [9.17, 15) is 9.59 Å². The van der Waals surface area contributed by atoms with Gasteiger partial charge in [-0.2, -0.15) is 0 Å². The number of rotatable bonds is 2. The number of benzene rings is 1. The van der Waals surface area contributed by atoms with Crippen molar-refractivity contribution in [2.75, 3.05) is 6.54 Å². The van der Waals surface area contributed by atoms with E-state index in [0.29, 0.717) is 22.7 Å². The van der Waals surface area contributed by atoms with Crippen LogP contribution in [-0.4, -0.2) is 18.2 Å². The maximum absolute atomic E-state index is 11.1. The summed E-state index contributed by atoms with van der Waals surface area (Å²) in [5, 5.41) is 2.95. The van der Waals surface area contributed by atoms with Crippen LogP contribution in [0.3, 0.4) is 0 Å². The molecule has 0 aliphatic carbocycles. The Balaban J connectivity index is 2.77. The summed E-state index contributed by atoms with van der Waals surface area (Å²) in [7, 11) is 0. The SMILES string of the molecule is CC(=O)NCC#Cc1ccc(C(C)=O)c(Cl)c1. The largest absolute Gasteiger partial charge is 0.345 e. The smallest absolute Gasteiger partial charge is 0.217 e. The van der Waals surface area contributed by atoms with E-state index < -0.39 is 0 Å². The maximum atomic E-state index is 11.1. The number of carbonyl (C=O) groups is 2. The molecule has 1 amide bonds. The Kier molecular flexibility index (Phi) is 4.74. The van der Waals surface area contributed by atoms with E-state index in [0.717, 1.165) is 0 Å². The van der Waals surface area contributed by atoms with Gasteiger partial charge in [-0.15, -0.1) is 0 Å². The second-order valence-corrected chi connectivity index (χ2v) is 3.87. The van der Waals surface area contributed by atoms with Gasteiger partial charge in [0.25, 0.3) is 0 Å². The highest BCUT2D eigenvalue weighted by atomic mass is 35.5. The Morgan fingerprint density at radius 1 is 1.35 bits per heavy atom. The molecule has 0 radical (unpaired) electrons. The second kappa shape index (κ2) is 6.07. The van der Waals surface area contributed by atoms with Crippen molar-refractivity contribution in [1.82, 2.24) is 5.32 Å². The van der Waals surface area contributed by atoms with Gasteiger partial charge in [-0.25, -0.2) is 0 Å². The number of nitrogens with one attached hydrogen (secondary N) is 1. The Morgan fingerprint density at radius 2 is 2.06 bits per heavy atom. The first-order chi connectivity index (χ1) is 8.00. The number of Topliss-reactive ketones (excluding diaryl/α,β-unsaturated/α-hetero) is 1. The van der Waals surface area contributed by atoms with Gasteiger partial charge in [0, 0.05) is 18.1 Å². The molecule has 17 heavy (non-hydrogen) atoms. The lowest BCUT2D eigenvalue weighted by Gasteiger charge is -1.99. The molecule has 0 aliphatic rings. The van der Waals surface area contributed by atoms with Crippen molar-refractivity contribution in [2.45, 2.75) is 13.8 Å². The lowest BCUT2D eigenvalue weighted by Crippen LogP contribution is -2.19. The molecule has 0 saturated carbocycles. The molecule has 1 aromatic carbocycles. The quantitative estimate of drug-likeness (QED) is 0.644. The Labute approximate surface area is 105 Å². The van der Waals surface area contributed by atoms with Gasteiger partial charge in [-0.05, 0) is 25.1 Å². The zero-order valence-electron chi connectivity index (χ0n) is 9.63. The number of hydrogen-bond donors (Lipinski definition) is 1. The summed E-state index contributed by atoms with van der Waals surface area (Å²) in [5.74, 6) is 5.43. The van der Waals surface area contributed by atoms with Crippen molar-refractivity contribution in [2.24, 2.45) is 0 Å². The monoisotopic (exact) mass is 249 g/mol. The Morgan fingerprint density at radius 3 is 2.59 bits per heavy atom. The predicted octanol–water partition coefficient (Wildman–Crippen LogP) is 2.03. The van der Waals surface area contributed by atoms with Crippen molar-refractivity contribution in [3.8, 4) is 11.8 Å². The van der Waals surface area contributed by atoms with E-state index >= 15 is 0 Å². The van der Waals surface area contributed by atoms with E-state index in [2.05, 4.69) is 17.2 Å². The third-order valence-electron chi connectivity index (χ3n) is 2.01. The lowest BCUT2D eigenvalue weighted by atomic mass is 10.1. The molecular weight excluding hydrogens is 238 g/mol. The van der Waals surface area contributed by atoms with Crippen molar-refractivity contribution >= 4 is 23.3 Å². The average molecular weight is 250 g/mol. The lowest BCUT2D eigenvalue weighted by molar-refractivity contribution is -0.118. The van der Waals surface area contributed by atoms with Gasteiger partial charge in [0.2, 0.25) is 5.91 Å². The summed E-state index contributed by atoms with van der Waals surface area (Å²) in [6.07, 6.45) is 0. The highest BCUT2D eigenvalue weighted by Gasteiger charge is 2.04. The summed E-state index contributed by atoms with van der Waals surface area (Å²) in [5.41, 5.74) is 1.20. The molecule has 0 saturated heterocycles. The molecule has 1 aromatic rings. The van der Waals surface area contributed by atoms with Crippen LogP contribution in [0.1, 0.15) is 29.8 Å². The fourth-order valence-electron chi connectivity index (χ4n) is 1.19. The molecule has 1 N–H and O–H groups in total. The fraction of sp³-hybridized carbons (Fsp3) is 0.231. The first kappa shape index (κ1) is 13.3. The van der Waals surface area contributed by atoms with Gasteiger partial charge in [0.05, 0.1) is 11.6 Å². The van der Waals surface area contributed by atoms with Crippen LogP contribution in [0, 0.1) is 11.8 Å². The number of amides is 1. The Bertz CT molecular complexity index is 512. The van der Waals surface area contributed by atoms with Gasteiger partial charge >= 0.3 is 0 Å². The first-order valence-corrected chi connectivity index (χ1v) is 5.42. The number of halogens is 1. The van der Waals surface area contributed by atoms with E-state index in [-0.39, 0.29) is 11.7 Å². The molecular formula is C13H12ClNO2. The standard InChI is InChI=1S/C13H12ClNO2/c1-9(16)12-6-5-11(8-13(12)14)4-3-7-15-10(2)17/h5-6,8H,7H2,1-2H3,(H,15,17). The minimum Gasteiger partial charge on any atom is -0.345 e. The van der Waals surface area contributed by atoms with Crippen molar-refractivity contribution in [3.63, 3.8) is 0 Å². The van der Waals surface area contributed by atoms with Crippen molar-refractivity contribution in [3.05, 3.63) is 34.3 Å². The Hall–Kier alpha value is -1.79. The normalized spacial score (nSPS) is 9.12. The highest BCUT2D eigenvalue weighted by Crippen LogP contribution is 2.17. The van der Waals surface area contributed by atoms with Crippen molar-refractivity contribution < 1.29 is 9.59 Å². The molecule has 1 rings (SSSR count). The molecule has 88 valence electrons. The van der Waals surface area contributed by atoms with Crippen LogP contribution in [-0.2, 0) is 4.79 Å². The second-order valence-electron chi connectivity index (χ2n) is 3.46. The van der Waals surface area contributed by atoms with Crippen LogP contribution in [0.2, 0.25) is 5.02 Å². The van der Waals surface area contributed by atoms with Gasteiger partial charge in [-0.3, -0.25) is 9.59 Å². The fourth-order valence-corrected chi connectivity index (χ4v) is 1.51. The molecule has 0 aliphatic heterocycles. The molecule has 0 aromatic heterocycles. The van der Waals surface area contributed by atoms with E-state index in [1.165, 1.54) is 13.8 Å². The average Bonchev–Trinajstić information content (AvgIpc) is 2.23. The third-order valence-corrected chi connectivity index (χ3v) is 2.32. The van der Waals surface area contributed by atoms with E-state index in [1.807, 2.05) is 0 Å². The van der Waals surface area contributed by atoms with Crippen LogP contribution >= 0.6 is 11.6 Å². The number of carbonyl (C=O) groups excluding carboxylic acids is 2. The van der Waals surface area contributed by atoms with Crippen LogP contribution in [0.15, 0.2) is 18.2 Å².